The van der Waals surface area contributed by atoms with Crippen molar-refractivity contribution in [1.29, 1.82) is 0 Å². The third-order valence-corrected chi connectivity index (χ3v) is 1.78. The Hall–Kier alpha value is -0.0400. The van der Waals surface area contributed by atoms with Gasteiger partial charge in [-0.25, -0.2) is 0 Å². The van der Waals surface area contributed by atoms with Gasteiger partial charge < -0.3 is 4.74 Å². The molecular weight excluding hydrogens is 100 g/mol. The molecule has 1 rings (SSSR count). The molecular formula is C7H14O. The SMILES string of the molecule is CC[C@H]1CC[C@H](C)O1. The Morgan fingerprint density at radius 3 is 2.50 bits per heavy atom. The quantitative estimate of drug-likeness (QED) is 0.506. The normalized spacial score (nSPS) is 38.2. The molecule has 1 heterocycles. The van der Waals surface area contributed by atoms with E-state index in [1.165, 1.54) is 19.3 Å². The van der Waals surface area contributed by atoms with Gasteiger partial charge in [-0.1, -0.05) is 6.92 Å². The number of hydrogen-bond acceptors (Lipinski definition) is 1. The highest BCUT2D eigenvalue weighted by Gasteiger charge is 2.18. The first kappa shape index (κ1) is 6.09. The van der Waals surface area contributed by atoms with Gasteiger partial charge in [-0.3, -0.25) is 0 Å². The molecule has 0 amide bonds. The minimum Gasteiger partial charge on any atom is -0.375 e. The fraction of sp³-hybridized carbons (Fsp3) is 1.00. The van der Waals surface area contributed by atoms with E-state index in [9.17, 15) is 0 Å². The molecule has 0 spiro atoms. The van der Waals surface area contributed by atoms with E-state index in [-0.39, 0.29) is 0 Å². The first-order chi connectivity index (χ1) is 3.83. The first-order valence-electron chi connectivity index (χ1n) is 3.48. The third kappa shape index (κ3) is 1.22. The molecule has 0 aliphatic carbocycles. The summed E-state index contributed by atoms with van der Waals surface area (Å²) in [6.45, 7) is 4.33. The van der Waals surface area contributed by atoms with Crippen LogP contribution in [-0.2, 0) is 4.74 Å². The van der Waals surface area contributed by atoms with Gasteiger partial charge in [-0.2, -0.15) is 0 Å². The Balaban J connectivity index is 2.22. The average molecular weight is 114 g/mol. The van der Waals surface area contributed by atoms with Gasteiger partial charge in [-0.15, -0.1) is 0 Å². The number of ether oxygens (including phenoxy) is 1. The molecule has 0 unspecified atom stereocenters. The van der Waals surface area contributed by atoms with Gasteiger partial charge >= 0.3 is 0 Å². The largest absolute Gasteiger partial charge is 0.375 e. The zero-order valence-corrected chi connectivity index (χ0v) is 5.68. The van der Waals surface area contributed by atoms with Gasteiger partial charge in [0.25, 0.3) is 0 Å². The van der Waals surface area contributed by atoms with E-state index in [4.69, 9.17) is 4.74 Å². The molecule has 1 aliphatic heterocycles. The Kier molecular flexibility index (Phi) is 1.90. The van der Waals surface area contributed by atoms with Crippen molar-refractivity contribution >= 4 is 0 Å². The summed E-state index contributed by atoms with van der Waals surface area (Å²) < 4.78 is 5.51. The first-order valence-corrected chi connectivity index (χ1v) is 3.48. The molecule has 0 aromatic rings. The molecule has 48 valence electrons. The highest BCUT2D eigenvalue weighted by atomic mass is 16.5. The lowest BCUT2D eigenvalue weighted by atomic mass is 10.2. The lowest BCUT2D eigenvalue weighted by molar-refractivity contribution is 0.0540. The van der Waals surface area contributed by atoms with Crippen molar-refractivity contribution < 1.29 is 4.74 Å². The summed E-state index contributed by atoms with van der Waals surface area (Å²) in [5, 5.41) is 0. The molecule has 1 fully saturated rings. The van der Waals surface area contributed by atoms with Gasteiger partial charge in [0.15, 0.2) is 0 Å². The lowest BCUT2D eigenvalue weighted by Crippen LogP contribution is -2.05. The molecule has 0 N–H and O–H groups in total. The monoisotopic (exact) mass is 114 g/mol. The van der Waals surface area contributed by atoms with Crippen LogP contribution in [0.15, 0.2) is 0 Å². The van der Waals surface area contributed by atoms with Crippen LogP contribution in [0.2, 0.25) is 0 Å². The Bertz CT molecular complexity index is 70.8. The van der Waals surface area contributed by atoms with Crippen LogP contribution in [-0.4, -0.2) is 12.2 Å². The van der Waals surface area contributed by atoms with Crippen LogP contribution < -0.4 is 0 Å². The maximum absolute atomic E-state index is 5.51. The topological polar surface area (TPSA) is 9.23 Å². The van der Waals surface area contributed by atoms with E-state index in [1.54, 1.807) is 0 Å². The van der Waals surface area contributed by atoms with Gasteiger partial charge in [-0.05, 0) is 26.2 Å². The second-order valence-corrected chi connectivity index (χ2v) is 2.55. The maximum Gasteiger partial charge on any atom is 0.0577 e. The lowest BCUT2D eigenvalue weighted by Gasteiger charge is -2.05. The summed E-state index contributed by atoms with van der Waals surface area (Å²) in [7, 11) is 0. The second kappa shape index (κ2) is 2.49. The van der Waals surface area contributed by atoms with Crippen LogP contribution in [0.1, 0.15) is 33.1 Å². The molecule has 0 aromatic carbocycles. The Morgan fingerprint density at radius 1 is 1.50 bits per heavy atom. The van der Waals surface area contributed by atoms with E-state index >= 15 is 0 Å². The van der Waals surface area contributed by atoms with Crippen molar-refractivity contribution in [3.63, 3.8) is 0 Å². The highest BCUT2D eigenvalue weighted by molar-refractivity contribution is 4.68. The zero-order valence-electron chi connectivity index (χ0n) is 5.68. The third-order valence-electron chi connectivity index (χ3n) is 1.78. The van der Waals surface area contributed by atoms with Gasteiger partial charge in [0, 0.05) is 0 Å². The van der Waals surface area contributed by atoms with Gasteiger partial charge in [0.2, 0.25) is 0 Å². The fourth-order valence-electron chi connectivity index (χ4n) is 1.19. The summed E-state index contributed by atoms with van der Waals surface area (Å²) in [6.07, 6.45) is 4.82. The molecule has 0 radical (unpaired) electrons. The molecule has 1 heteroatoms. The zero-order chi connectivity index (χ0) is 5.98. The van der Waals surface area contributed by atoms with Crippen LogP contribution >= 0.6 is 0 Å². The van der Waals surface area contributed by atoms with E-state index in [0.717, 1.165) is 0 Å². The van der Waals surface area contributed by atoms with Gasteiger partial charge in [0.05, 0.1) is 12.2 Å². The van der Waals surface area contributed by atoms with Crippen LogP contribution in [0.4, 0.5) is 0 Å². The molecule has 2 atom stereocenters. The van der Waals surface area contributed by atoms with Crippen molar-refractivity contribution in [3.05, 3.63) is 0 Å². The van der Waals surface area contributed by atoms with Gasteiger partial charge in [0.1, 0.15) is 0 Å². The summed E-state index contributed by atoms with van der Waals surface area (Å²) >= 11 is 0. The van der Waals surface area contributed by atoms with E-state index in [0.29, 0.717) is 12.2 Å². The average Bonchev–Trinajstić information content (AvgIpc) is 2.14. The van der Waals surface area contributed by atoms with Crippen molar-refractivity contribution in [3.8, 4) is 0 Å². The van der Waals surface area contributed by atoms with Crippen LogP contribution in [0.5, 0.6) is 0 Å². The highest BCUT2D eigenvalue weighted by Crippen LogP contribution is 2.20. The molecule has 0 aromatic heterocycles. The fourth-order valence-corrected chi connectivity index (χ4v) is 1.19. The summed E-state index contributed by atoms with van der Waals surface area (Å²) in [4.78, 5) is 0. The van der Waals surface area contributed by atoms with E-state index < -0.39 is 0 Å². The van der Waals surface area contributed by atoms with E-state index in [2.05, 4.69) is 13.8 Å². The van der Waals surface area contributed by atoms with Crippen LogP contribution in [0.3, 0.4) is 0 Å². The maximum atomic E-state index is 5.51. The summed E-state index contributed by atoms with van der Waals surface area (Å²) in [6, 6.07) is 0. The molecule has 1 nitrogen and oxygen atoms in total. The molecule has 1 saturated heterocycles. The predicted molar refractivity (Wildman–Crippen MR) is 33.9 cm³/mol. The van der Waals surface area contributed by atoms with Crippen molar-refractivity contribution in [2.24, 2.45) is 0 Å². The Labute approximate surface area is 51.0 Å². The minimum atomic E-state index is 0.528. The summed E-state index contributed by atoms with van der Waals surface area (Å²) in [5.74, 6) is 0. The minimum absolute atomic E-state index is 0.528. The van der Waals surface area contributed by atoms with Crippen molar-refractivity contribution in [2.75, 3.05) is 0 Å². The molecule has 1 aliphatic rings. The molecule has 8 heavy (non-hydrogen) atoms. The molecule has 0 bridgehead atoms. The number of hydrogen-bond donors (Lipinski definition) is 0. The second-order valence-electron chi connectivity index (χ2n) is 2.55. The van der Waals surface area contributed by atoms with E-state index in [1.807, 2.05) is 0 Å². The smallest absolute Gasteiger partial charge is 0.0577 e. The van der Waals surface area contributed by atoms with Crippen molar-refractivity contribution in [1.82, 2.24) is 0 Å². The van der Waals surface area contributed by atoms with Crippen LogP contribution in [0.25, 0.3) is 0 Å². The Morgan fingerprint density at radius 2 is 2.25 bits per heavy atom. The summed E-state index contributed by atoms with van der Waals surface area (Å²) in [5.41, 5.74) is 0. The molecule has 0 saturated carbocycles. The standard InChI is InChI=1S/C7H14O/c1-3-7-5-4-6(2)8-7/h6-7H,3-5H2,1-2H3/t6-,7-/m0/s1. The predicted octanol–water partition coefficient (Wildman–Crippen LogP) is 1.96. The van der Waals surface area contributed by atoms with Crippen molar-refractivity contribution in [2.45, 2.75) is 45.3 Å². The van der Waals surface area contributed by atoms with Crippen LogP contribution in [0, 0.1) is 0 Å². The number of rotatable bonds is 1.